The largest absolute Gasteiger partial charge is 0.411 e. The van der Waals surface area contributed by atoms with Crippen LogP contribution in [-0.2, 0) is 9.53 Å². The van der Waals surface area contributed by atoms with Gasteiger partial charge in [0.15, 0.2) is 0 Å². The van der Waals surface area contributed by atoms with Gasteiger partial charge in [0, 0.05) is 18.3 Å². The average Bonchev–Trinajstić information content (AvgIpc) is 2.29. The van der Waals surface area contributed by atoms with E-state index in [1.807, 2.05) is 13.8 Å². The molecule has 19 heavy (non-hydrogen) atoms. The third-order valence-corrected chi connectivity index (χ3v) is 3.05. The monoisotopic (exact) mass is 347 g/mol. The summed E-state index contributed by atoms with van der Waals surface area (Å²) in [7, 11) is 0. The minimum absolute atomic E-state index is 0.0176. The highest BCUT2D eigenvalue weighted by molar-refractivity contribution is 9.09. The zero-order valence-electron chi connectivity index (χ0n) is 11.3. The van der Waals surface area contributed by atoms with E-state index in [2.05, 4.69) is 26.0 Å². The smallest absolute Gasteiger partial charge is 0.372 e. The van der Waals surface area contributed by atoms with Crippen LogP contribution in [0.5, 0.6) is 0 Å². The van der Waals surface area contributed by atoms with Crippen molar-refractivity contribution in [3.63, 3.8) is 0 Å². The van der Waals surface area contributed by atoms with Crippen molar-refractivity contribution in [1.29, 1.82) is 0 Å². The first-order valence-electron chi connectivity index (χ1n) is 6.13. The Morgan fingerprint density at radius 1 is 1.32 bits per heavy atom. The van der Waals surface area contributed by atoms with E-state index in [4.69, 9.17) is 0 Å². The zero-order valence-corrected chi connectivity index (χ0v) is 12.9. The molecule has 0 aliphatic heterocycles. The Bertz CT molecular complexity index is 270. The van der Waals surface area contributed by atoms with Crippen molar-refractivity contribution in [2.24, 2.45) is 5.41 Å². The standard InChI is InChI=1S/C12H21BrF3NO2/c1-11(2,5-3-6-13)8-17-10(18)4-7-19-9-12(14,15)16/h3-9H2,1-2H3,(H,17,18). The second kappa shape index (κ2) is 8.79. The van der Waals surface area contributed by atoms with Gasteiger partial charge < -0.3 is 10.1 Å². The van der Waals surface area contributed by atoms with E-state index in [9.17, 15) is 18.0 Å². The Kier molecular flexibility index (Phi) is 8.65. The van der Waals surface area contributed by atoms with Gasteiger partial charge >= 0.3 is 6.18 Å². The highest BCUT2D eigenvalue weighted by atomic mass is 79.9. The molecular weight excluding hydrogens is 327 g/mol. The van der Waals surface area contributed by atoms with Gasteiger partial charge in [-0.25, -0.2) is 0 Å². The Hall–Kier alpha value is -0.300. The quantitative estimate of drug-likeness (QED) is 0.513. The molecule has 0 saturated carbocycles. The van der Waals surface area contributed by atoms with Gasteiger partial charge in [-0.2, -0.15) is 13.2 Å². The molecule has 0 rings (SSSR count). The molecule has 0 fully saturated rings. The summed E-state index contributed by atoms with van der Waals surface area (Å²) < 4.78 is 39.7. The van der Waals surface area contributed by atoms with Crippen LogP contribution >= 0.6 is 15.9 Å². The van der Waals surface area contributed by atoms with E-state index in [0.29, 0.717) is 6.54 Å². The fourth-order valence-corrected chi connectivity index (χ4v) is 1.69. The SMILES string of the molecule is CC(C)(CCCBr)CNC(=O)CCOCC(F)(F)F. The average molecular weight is 348 g/mol. The van der Waals surface area contributed by atoms with Gasteiger partial charge in [0.25, 0.3) is 0 Å². The van der Waals surface area contributed by atoms with Crippen molar-refractivity contribution in [2.75, 3.05) is 25.1 Å². The van der Waals surface area contributed by atoms with E-state index in [-0.39, 0.29) is 24.3 Å². The first kappa shape index (κ1) is 18.7. The van der Waals surface area contributed by atoms with Crippen molar-refractivity contribution in [3.05, 3.63) is 0 Å². The zero-order chi connectivity index (χ0) is 14.9. The van der Waals surface area contributed by atoms with Crippen LogP contribution in [0.2, 0.25) is 0 Å². The molecule has 0 saturated heterocycles. The molecule has 0 atom stereocenters. The Labute approximate surface area is 120 Å². The maximum atomic E-state index is 11.8. The lowest BCUT2D eigenvalue weighted by atomic mass is 9.88. The van der Waals surface area contributed by atoms with Crippen LogP contribution in [-0.4, -0.2) is 37.2 Å². The molecule has 0 aromatic rings. The van der Waals surface area contributed by atoms with Crippen LogP contribution in [0.15, 0.2) is 0 Å². The number of carbonyl (C=O) groups excluding carboxylic acids is 1. The topological polar surface area (TPSA) is 38.3 Å². The van der Waals surface area contributed by atoms with Gasteiger partial charge in [0.1, 0.15) is 6.61 Å². The third-order valence-electron chi connectivity index (χ3n) is 2.49. The predicted molar refractivity (Wildman–Crippen MR) is 71.3 cm³/mol. The second-order valence-electron chi connectivity index (χ2n) is 5.15. The molecule has 0 heterocycles. The summed E-state index contributed by atoms with van der Waals surface area (Å²) in [5, 5.41) is 3.63. The molecule has 0 spiro atoms. The molecule has 3 nitrogen and oxygen atoms in total. The van der Waals surface area contributed by atoms with Crippen LogP contribution in [0.4, 0.5) is 13.2 Å². The van der Waals surface area contributed by atoms with E-state index < -0.39 is 12.8 Å². The van der Waals surface area contributed by atoms with Gasteiger partial charge in [-0.3, -0.25) is 4.79 Å². The van der Waals surface area contributed by atoms with Crippen LogP contribution < -0.4 is 5.32 Å². The maximum absolute atomic E-state index is 11.8. The number of ether oxygens (including phenoxy) is 1. The first-order chi connectivity index (χ1) is 8.66. The third kappa shape index (κ3) is 12.5. The first-order valence-corrected chi connectivity index (χ1v) is 7.25. The fraction of sp³-hybridized carbons (Fsp3) is 0.917. The van der Waals surface area contributed by atoms with E-state index in [0.717, 1.165) is 18.2 Å². The predicted octanol–water partition coefficient (Wildman–Crippen LogP) is 3.27. The van der Waals surface area contributed by atoms with Crippen molar-refractivity contribution in [2.45, 2.75) is 39.3 Å². The molecule has 7 heteroatoms. The maximum Gasteiger partial charge on any atom is 0.411 e. The number of carbonyl (C=O) groups is 1. The van der Waals surface area contributed by atoms with Crippen molar-refractivity contribution < 1.29 is 22.7 Å². The molecule has 0 aromatic carbocycles. The summed E-state index contributed by atoms with van der Waals surface area (Å²) in [6.45, 7) is 3.06. The molecule has 0 aliphatic carbocycles. The van der Waals surface area contributed by atoms with Crippen LogP contribution in [0.3, 0.4) is 0 Å². The fourth-order valence-electron chi connectivity index (χ4n) is 1.41. The Morgan fingerprint density at radius 2 is 1.95 bits per heavy atom. The molecule has 0 radical (unpaired) electrons. The van der Waals surface area contributed by atoms with Crippen molar-refractivity contribution in [3.8, 4) is 0 Å². The van der Waals surface area contributed by atoms with Gasteiger partial charge in [-0.15, -0.1) is 0 Å². The minimum atomic E-state index is -4.34. The molecule has 114 valence electrons. The van der Waals surface area contributed by atoms with Gasteiger partial charge in [-0.05, 0) is 18.3 Å². The molecule has 0 aromatic heterocycles. The molecule has 1 N–H and O–H groups in total. The highest BCUT2D eigenvalue weighted by Crippen LogP contribution is 2.21. The van der Waals surface area contributed by atoms with Gasteiger partial charge in [0.2, 0.25) is 5.91 Å². The number of alkyl halides is 4. The summed E-state index contributed by atoms with van der Waals surface area (Å²) in [4.78, 5) is 11.4. The highest BCUT2D eigenvalue weighted by Gasteiger charge is 2.27. The number of rotatable bonds is 9. The number of amides is 1. The summed E-state index contributed by atoms with van der Waals surface area (Å²) in [6.07, 6.45) is -2.42. The molecule has 0 unspecified atom stereocenters. The summed E-state index contributed by atoms with van der Waals surface area (Å²) in [5.74, 6) is -0.283. The summed E-state index contributed by atoms with van der Waals surface area (Å²) >= 11 is 3.34. The molecular formula is C12H21BrF3NO2. The summed E-state index contributed by atoms with van der Waals surface area (Å²) in [5.41, 5.74) is -0.0176. The van der Waals surface area contributed by atoms with Gasteiger partial charge in [0.05, 0.1) is 6.61 Å². The minimum Gasteiger partial charge on any atom is -0.372 e. The van der Waals surface area contributed by atoms with E-state index in [1.165, 1.54) is 0 Å². The molecule has 1 amide bonds. The van der Waals surface area contributed by atoms with Crippen molar-refractivity contribution >= 4 is 21.8 Å². The number of nitrogens with one attached hydrogen (secondary N) is 1. The van der Waals surface area contributed by atoms with E-state index >= 15 is 0 Å². The van der Waals surface area contributed by atoms with Gasteiger partial charge in [-0.1, -0.05) is 29.8 Å². The Morgan fingerprint density at radius 3 is 2.47 bits per heavy atom. The number of hydrogen-bond acceptors (Lipinski definition) is 2. The second-order valence-corrected chi connectivity index (χ2v) is 5.94. The molecule has 0 bridgehead atoms. The lowest BCUT2D eigenvalue weighted by molar-refractivity contribution is -0.174. The van der Waals surface area contributed by atoms with E-state index in [1.54, 1.807) is 0 Å². The summed E-state index contributed by atoms with van der Waals surface area (Å²) in [6, 6.07) is 0. The van der Waals surface area contributed by atoms with Crippen LogP contribution in [0.1, 0.15) is 33.1 Å². The lowest BCUT2D eigenvalue weighted by Gasteiger charge is -2.24. The van der Waals surface area contributed by atoms with Crippen LogP contribution in [0, 0.1) is 5.41 Å². The number of halogens is 4. The van der Waals surface area contributed by atoms with Crippen molar-refractivity contribution in [1.82, 2.24) is 5.32 Å². The number of hydrogen-bond donors (Lipinski definition) is 1. The van der Waals surface area contributed by atoms with Crippen LogP contribution in [0.25, 0.3) is 0 Å². The Balaban J connectivity index is 3.69. The molecule has 0 aliphatic rings. The normalized spacial score (nSPS) is 12.5. The lowest BCUT2D eigenvalue weighted by Crippen LogP contribution is -2.34.